The van der Waals surface area contributed by atoms with Crippen LogP contribution in [0.15, 0.2) is 157 Å². The smallest absolute Gasteiger partial charge is 0.0622 e. The zero-order valence-corrected chi connectivity index (χ0v) is 20.7. The molecule has 0 amide bonds. The van der Waals surface area contributed by atoms with Gasteiger partial charge in [-0.15, -0.1) is 0 Å². The lowest BCUT2D eigenvalue weighted by Crippen LogP contribution is -1.92. The van der Waals surface area contributed by atoms with Gasteiger partial charge in [0.15, 0.2) is 0 Å². The highest BCUT2D eigenvalue weighted by Crippen LogP contribution is 2.46. The molecule has 0 heteroatoms. The minimum absolute atomic E-state index is 0.0677. The lowest BCUT2D eigenvalue weighted by molar-refractivity contribution is 1.65. The van der Waals surface area contributed by atoms with E-state index in [1.54, 1.807) is 6.07 Å². The number of hydrogen-bond acceptors (Lipinski definition) is 0. The van der Waals surface area contributed by atoms with Crippen molar-refractivity contribution in [1.82, 2.24) is 0 Å². The summed E-state index contributed by atoms with van der Waals surface area (Å²) < 4.78 is 151. The predicted octanol–water partition coefficient (Wildman–Crippen LogP) is 11.3. The fourth-order valence-corrected chi connectivity index (χ4v) is 5.33. The molecule has 0 aromatic heterocycles. The zero-order chi connectivity index (χ0) is 41.3. The van der Waals surface area contributed by atoms with Crippen LogP contribution in [0.1, 0.15) is 23.3 Å². The second-order valence-corrected chi connectivity index (χ2v) is 9.22. The fourth-order valence-electron chi connectivity index (χ4n) is 5.33. The van der Waals surface area contributed by atoms with Gasteiger partial charge in [-0.2, -0.15) is 0 Å². The van der Waals surface area contributed by atoms with Crippen molar-refractivity contribution in [1.29, 1.82) is 0 Å². The van der Waals surface area contributed by atoms with Crippen molar-refractivity contribution in [3.63, 3.8) is 0 Å². The Hall–Kier alpha value is -5.20. The van der Waals surface area contributed by atoms with Gasteiger partial charge in [0, 0.05) is 0 Å². The van der Waals surface area contributed by atoms with E-state index < -0.39 is 123 Å². The van der Waals surface area contributed by atoms with Gasteiger partial charge in [0.1, 0.15) is 0 Å². The zero-order valence-electron chi connectivity index (χ0n) is 37.7. The molecule has 0 spiro atoms. The molecular formula is C40H26. The average molecular weight is 524 g/mol. The van der Waals surface area contributed by atoms with E-state index in [9.17, 15) is 6.85 Å². The first-order valence-corrected chi connectivity index (χ1v) is 12.5. The molecule has 40 heavy (non-hydrogen) atoms. The highest BCUT2D eigenvalue weighted by atomic mass is 14.2. The maximum atomic E-state index is 9.37. The van der Waals surface area contributed by atoms with Crippen molar-refractivity contribution in [2.24, 2.45) is 0 Å². The van der Waals surface area contributed by atoms with Crippen molar-refractivity contribution in [3.8, 4) is 33.4 Å². The Kier molecular flexibility index (Phi) is 2.65. The van der Waals surface area contributed by atoms with E-state index in [0.29, 0.717) is 5.56 Å². The van der Waals surface area contributed by atoms with Gasteiger partial charge >= 0.3 is 0 Å². The summed E-state index contributed by atoms with van der Waals surface area (Å²) in [5.41, 5.74) is -0.883. The maximum Gasteiger partial charge on any atom is 0.0629 e. The van der Waals surface area contributed by atoms with Gasteiger partial charge in [-0.05, 0) is 82.5 Å². The van der Waals surface area contributed by atoms with Gasteiger partial charge in [0.2, 0.25) is 0 Å². The minimum atomic E-state index is -0.796. The monoisotopic (exact) mass is 523 g/mol. The molecule has 8 rings (SSSR count). The molecule has 0 heterocycles. The molecule has 0 radical (unpaired) electrons. The summed E-state index contributed by atoms with van der Waals surface area (Å²) in [5.74, 6) is 0. The van der Waals surface area contributed by atoms with Crippen molar-refractivity contribution in [2.45, 2.75) is 0 Å². The van der Waals surface area contributed by atoms with E-state index in [2.05, 4.69) is 0 Å². The summed E-state index contributed by atoms with van der Waals surface area (Å²) in [4.78, 5) is 0. The van der Waals surface area contributed by atoms with E-state index in [1.165, 1.54) is 12.1 Å². The van der Waals surface area contributed by atoms with Crippen molar-refractivity contribution >= 4 is 43.1 Å². The first-order valence-electron chi connectivity index (χ1n) is 21.0. The van der Waals surface area contributed by atoms with Crippen molar-refractivity contribution in [2.75, 3.05) is 0 Å². The molecule has 0 bridgehead atoms. The molecule has 0 aliphatic heterocycles. The van der Waals surface area contributed by atoms with Crippen LogP contribution in [0.5, 0.6) is 0 Å². The van der Waals surface area contributed by atoms with Gasteiger partial charge < -0.3 is 0 Å². The summed E-state index contributed by atoms with van der Waals surface area (Å²) in [7, 11) is 0. The van der Waals surface area contributed by atoms with Crippen LogP contribution < -0.4 is 0 Å². The summed E-state index contributed by atoms with van der Waals surface area (Å²) in [6.45, 7) is 0. The molecule has 0 fully saturated rings. The van der Waals surface area contributed by atoms with Crippen LogP contribution in [0.4, 0.5) is 0 Å². The molecule has 0 N–H and O–H groups in total. The normalized spacial score (nSPS) is 17.4. The molecule has 8 aromatic rings. The second kappa shape index (κ2) is 9.22. The molecule has 0 aliphatic rings. The molecule has 0 saturated carbocycles. The van der Waals surface area contributed by atoms with Crippen LogP contribution in [0, 0.1) is 0 Å². The van der Waals surface area contributed by atoms with E-state index in [4.69, 9.17) is 16.4 Å². The van der Waals surface area contributed by atoms with Crippen LogP contribution in [0.2, 0.25) is 0 Å². The Balaban J connectivity index is 1.71. The van der Waals surface area contributed by atoms with Gasteiger partial charge in [-0.25, -0.2) is 0 Å². The number of rotatable bonds is 3. The van der Waals surface area contributed by atoms with Crippen LogP contribution in [-0.2, 0) is 0 Å². The second-order valence-electron chi connectivity index (χ2n) is 9.22. The third-order valence-electron chi connectivity index (χ3n) is 7.07. The average Bonchev–Trinajstić information content (AvgIpc) is 3.20. The summed E-state index contributed by atoms with van der Waals surface area (Å²) >= 11 is 0. The van der Waals surface area contributed by atoms with E-state index in [0.717, 1.165) is 10.8 Å². The summed E-state index contributed by atoms with van der Waals surface area (Å²) in [6.07, 6.45) is 0. The number of benzene rings is 8. The van der Waals surface area contributed by atoms with Crippen LogP contribution in [-0.4, -0.2) is 0 Å². The predicted molar refractivity (Wildman–Crippen MR) is 173 cm³/mol. The Labute approximate surface area is 257 Å². The number of fused-ring (bicyclic) bond motifs is 4. The summed E-state index contributed by atoms with van der Waals surface area (Å²) in [6, 6.07) is 4.00. The lowest BCUT2D eigenvalue weighted by atomic mass is 9.84. The van der Waals surface area contributed by atoms with Crippen molar-refractivity contribution in [3.05, 3.63) is 157 Å². The fraction of sp³-hybridized carbons (Fsp3) is 0. The van der Waals surface area contributed by atoms with E-state index in [1.807, 2.05) is 36.4 Å². The Morgan fingerprint density at radius 2 is 0.900 bits per heavy atom. The highest BCUT2D eigenvalue weighted by Gasteiger charge is 2.18. The van der Waals surface area contributed by atoms with Gasteiger partial charge in [-0.1, -0.05) is 151 Å². The molecule has 0 aliphatic carbocycles. The SMILES string of the molecule is [2H]c1cc2c(-c3c4c([2H])c([2H])c([2H])c([2H])c4c(-c4c([2H])c([2H])c([2H])c([2H])c4[2H])c4c([2H])c([2H])c([2H])c([2H])c34)c([2H])c([2H])cc2c(-c2ccc3ccccc3c2)c1[2H]. The molecule has 0 saturated heterocycles. The first-order chi connectivity index (χ1) is 26.9. The van der Waals surface area contributed by atoms with Crippen LogP contribution in [0.3, 0.4) is 0 Å². The topological polar surface area (TPSA) is 0 Å². The summed E-state index contributed by atoms with van der Waals surface area (Å²) in [5, 5.41) is 0.270. The minimum Gasteiger partial charge on any atom is -0.0622 e. The van der Waals surface area contributed by atoms with Crippen molar-refractivity contribution < 1.29 is 23.3 Å². The number of hydrogen-bond donors (Lipinski definition) is 0. The molecule has 8 aromatic carbocycles. The quantitative estimate of drug-likeness (QED) is 0.202. The van der Waals surface area contributed by atoms with Gasteiger partial charge in [0.25, 0.3) is 0 Å². The Morgan fingerprint density at radius 3 is 1.57 bits per heavy atom. The molecule has 0 unspecified atom stereocenters. The molecular weight excluding hydrogens is 480 g/mol. The first kappa shape index (κ1) is 11.5. The van der Waals surface area contributed by atoms with E-state index >= 15 is 0 Å². The van der Waals surface area contributed by atoms with E-state index in [-0.39, 0.29) is 39.5 Å². The van der Waals surface area contributed by atoms with Gasteiger partial charge in [-0.3, -0.25) is 0 Å². The molecule has 186 valence electrons. The lowest BCUT2D eigenvalue weighted by Gasteiger charge is -2.19. The highest BCUT2D eigenvalue weighted by molar-refractivity contribution is 6.24. The Bertz CT molecular complexity index is 3040. The van der Waals surface area contributed by atoms with Crippen LogP contribution >= 0.6 is 0 Å². The third kappa shape index (κ3) is 3.54. The maximum absolute atomic E-state index is 9.37. The molecule has 0 nitrogen and oxygen atoms in total. The van der Waals surface area contributed by atoms with Gasteiger partial charge in [0.05, 0.1) is 23.3 Å². The molecule has 0 atom stereocenters. The largest absolute Gasteiger partial charge is 0.0629 e. The Morgan fingerprint density at radius 1 is 0.350 bits per heavy atom. The third-order valence-corrected chi connectivity index (χ3v) is 7.07. The standard InChI is InChI=1S/C40H26/c1-2-13-28(14-3-1)39-35-16-6-8-18-37(35)40(38-19-9-7-17-36(38)39)34-23-11-21-32-31(20-10-22-33(32)34)30-25-24-27-12-4-5-15-29(27)26-30/h1-26H/i1D,2D,3D,6D,7D,8D,9D,10D,11D,13D,14D,16D,17D,18D,19D,20D,23D. The van der Waals surface area contributed by atoms with Crippen LogP contribution in [0.25, 0.3) is 76.5 Å².